The van der Waals surface area contributed by atoms with Gasteiger partial charge in [-0.25, -0.2) is 0 Å². The third kappa shape index (κ3) is 4.77. The molecule has 1 amide bonds. The highest BCUT2D eigenvalue weighted by Gasteiger charge is 2.18. The van der Waals surface area contributed by atoms with Gasteiger partial charge in [0.15, 0.2) is 0 Å². The molecule has 1 saturated heterocycles. The van der Waals surface area contributed by atoms with Crippen LogP contribution >= 0.6 is 24.0 Å². The van der Waals surface area contributed by atoms with Gasteiger partial charge in [-0.2, -0.15) is 0 Å². The maximum absolute atomic E-state index is 12.2. The van der Waals surface area contributed by atoms with Gasteiger partial charge in [-0.15, -0.1) is 12.4 Å². The van der Waals surface area contributed by atoms with Crippen LogP contribution in [0.1, 0.15) is 19.3 Å². The summed E-state index contributed by atoms with van der Waals surface area (Å²) in [6.45, 7) is 2.11. The minimum Gasteiger partial charge on any atom is -0.495 e. The van der Waals surface area contributed by atoms with Crippen molar-refractivity contribution in [1.29, 1.82) is 0 Å². The van der Waals surface area contributed by atoms with Crippen LogP contribution in [-0.4, -0.2) is 33.2 Å². The molecule has 0 saturated carbocycles. The largest absolute Gasteiger partial charge is 0.495 e. The van der Waals surface area contributed by atoms with Crippen LogP contribution in [0.2, 0.25) is 5.02 Å². The summed E-state index contributed by atoms with van der Waals surface area (Å²) in [5.41, 5.74) is 0.797. The van der Waals surface area contributed by atoms with Crippen LogP contribution in [0.4, 0.5) is 5.69 Å². The minimum absolute atomic E-state index is 0. The molecule has 1 aromatic rings. The molecule has 0 bridgehead atoms. The maximum atomic E-state index is 12.2. The van der Waals surface area contributed by atoms with Gasteiger partial charge in [0.1, 0.15) is 5.75 Å². The fourth-order valence-corrected chi connectivity index (χ4v) is 2.72. The number of anilines is 1. The summed E-state index contributed by atoms with van der Waals surface area (Å²) in [5, 5.41) is 3.84. The van der Waals surface area contributed by atoms with Crippen molar-refractivity contribution in [3.8, 4) is 5.75 Å². The molecule has 4 nitrogen and oxygen atoms in total. The van der Waals surface area contributed by atoms with E-state index < -0.39 is 0 Å². The predicted octanol–water partition coefficient (Wildman–Crippen LogP) is 3.12. The number of rotatable bonds is 5. The SMILES string of the molecule is COc1ccc(N(C)C(=O)CCC2CCNC2)cc1Cl.Cl. The molecular weight excluding hydrogens is 311 g/mol. The van der Waals surface area contributed by atoms with E-state index in [4.69, 9.17) is 16.3 Å². The molecule has 1 atom stereocenters. The van der Waals surface area contributed by atoms with Gasteiger partial charge in [-0.1, -0.05) is 11.6 Å². The molecular formula is C15H22Cl2N2O2. The van der Waals surface area contributed by atoms with Crippen molar-refractivity contribution < 1.29 is 9.53 Å². The molecule has 1 heterocycles. The van der Waals surface area contributed by atoms with E-state index >= 15 is 0 Å². The Morgan fingerprint density at radius 2 is 2.29 bits per heavy atom. The van der Waals surface area contributed by atoms with Gasteiger partial charge in [0.2, 0.25) is 5.91 Å². The van der Waals surface area contributed by atoms with Crippen LogP contribution in [0, 0.1) is 5.92 Å². The third-order valence-corrected chi connectivity index (χ3v) is 4.12. The number of benzene rings is 1. The first-order chi connectivity index (χ1) is 9.61. The van der Waals surface area contributed by atoms with E-state index in [2.05, 4.69) is 5.32 Å². The summed E-state index contributed by atoms with van der Waals surface area (Å²) >= 11 is 6.09. The number of carbonyl (C=O) groups excluding carboxylic acids is 1. The Bertz CT molecular complexity index is 477. The number of ether oxygens (including phenoxy) is 1. The average molecular weight is 333 g/mol. The number of hydrogen-bond acceptors (Lipinski definition) is 3. The van der Waals surface area contributed by atoms with Gasteiger partial charge in [-0.3, -0.25) is 4.79 Å². The first kappa shape index (κ1) is 18.1. The van der Waals surface area contributed by atoms with Gasteiger partial charge >= 0.3 is 0 Å². The zero-order valence-corrected chi connectivity index (χ0v) is 14.0. The van der Waals surface area contributed by atoms with E-state index in [0.717, 1.165) is 25.2 Å². The highest BCUT2D eigenvalue weighted by atomic mass is 35.5. The number of hydrogen-bond donors (Lipinski definition) is 1. The number of amides is 1. The Labute approximate surface area is 137 Å². The van der Waals surface area contributed by atoms with Crippen molar-refractivity contribution >= 4 is 35.6 Å². The average Bonchev–Trinajstić information content (AvgIpc) is 2.97. The van der Waals surface area contributed by atoms with Gasteiger partial charge in [-0.05, 0) is 50.0 Å². The summed E-state index contributed by atoms with van der Waals surface area (Å²) in [4.78, 5) is 13.9. The van der Waals surface area contributed by atoms with Crippen molar-refractivity contribution in [3.05, 3.63) is 23.2 Å². The normalized spacial score (nSPS) is 17.2. The van der Waals surface area contributed by atoms with Gasteiger partial charge in [0.25, 0.3) is 0 Å². The van der Waals surface area contributed by atoms with E-state index in [9.17, 15) is 4.79 Å². The molecule has 0 spiro atoms. The molecule has 6 heteroatoms. The summed E-state index contributed by atoms with van der Waals surface area (Å²) in [6.07, 6.45) is 2.69. The lowest BCUT2D eigenvalue weighted by atomic mass is 10.0. The number of halogens is 2. The zero-order valence-electron chi connectivity index (χ0n) is 12.4. The maximum Gasteiger partial charge on any atom is 0.226 e. The van der Waals surface area contributed by atoms with Crippen LogP contribution in [0.5, 0.6) is 5.75 Å². The third-order valence-electron chi connectivity index (χ3n) is 3.83. The van der Waals surface area contributed by atoms with Crippen LogP contribution in [0.25, 0.3) is 0 Å². The van der Waals surface area contributed by atoms with Crippen molar-refractivity contribution in [2.24, 2.45) is 5.92 Å². The quantitative estimate of drug-likeness (QED) is 0.900. The molecule has 2 rings (SSSR count). The molecule has 0 aromatic heterocycles. The van der Waals surface area contributed by atoms with Gasteiger partial charge < -0.3 is 15.0 Å². The number of nitrogens with zero attached hydrogens (tertiary/aromatic N) is 1. The lowest BCUT2D eigenvalue weighted by Crippen LogP contribution is -2.26. The van der Waals surface area contributed by atoms with Crippen LogP contribution in [-0.2, 0) is 4.79 Å². The summed E-state index contributed by atoms with van der Waals surface area (Å²) in [6, 6.07) is 5.39. The Kier molecular flexibility index (Phi) is 7.29. The molecule has 0 radical (unpaired) electrons. The van der Waals surface area contributed by atoms with E-state index in [1.165, 1.54) is 6.42 Å². The van der Waals surface area contributed by atoms with Crippen LogP contribution in [0.15, 0.2) is 18.2 Å². The highest BCUT2D eigenvalue weighted by Crippen LogP contribution is 2.29. The Balaban J connectivity index is 0.00000220. The molecule has 1 aromatic carbocycles. The number of nitrogens with one attached hydrogen (secondary N) is 1. The van der Waals surface area contributed by atoms with Gasteiger partial charge in [0.05, 0.1) is 12.1 Å². The van der Waals surface area contributed by atoms with Gasteiger partial charge in [0, 0.05) is 19.2 Å². The molecule has 118 valence electrons. The van der Waals surface area contributed by atoms with Crippen molar-refractivity contribution in [1.82, 2.24) is 5.32 Å². The molecule has 21 heavy (non-hydrogen) atoms. The predicted molar refractivity (Wildman–Crippen MR) is 88.9 cm³/mol. The first-order valence-electron chi connectivity index (χ1n) is 6.92. The first-order valence-corrected chi connectivity index (χ1v) is 7.30. The molecule has 1 N–H and O–H groups in total. The number of methoxy groups -OCH3 is 1. The molecule has 0 aliphatic carbocycles. The zero-order chi connectivity index (χ0) is 14.5. The molecule has 1 unspecified atom stereocenters. The Morgan fingerprint density at radius 3 is 2.86 bits per heavy atom. The molecule has 1 fully saturated rings. The summed E-state index contributed by atoms with van der Waals surface area (Å²) in [5.74, 6) is 1.37. The topological polar surface area (TPSA) is 41.6 Å². The van der Waals surface area contributed by atoms with Crippen LogP contribution < -0.4 is 15.0 Å². The Hall–Kier alpha value is -0.970. The lowest BCUT2D eigenvalue weighted by molar-refractivity contribution is -0.118. The fourth-order valence-electron chi connectivity index (χ4n) is 2.46. The molecule has 1 aliphatic heterocycles. The van der Waals surface area contributed by atoms with E-state index in [0.29, 0.717) is 23.1 Å². The monoisotopic (exact) mass is 332 g/mol. The van der Waals surface area contributed by atoms with E-state index in [1.807, 2.05) is 6.07 Å². The van der Waals surface area contributed by atoms with E-state index in [-0.39, 0.29) is 18.3 Å². The van der Waals surface area contributed by atoms with Crippen molar-refractivity contribution in [2.75, 3.05) is 32.1 Å². The van der Waals surface area contributed by atoms with Crippen molar-refractivity contribution in [2.45, 2.75) is 19.3 Å². The van der Waals surface area contributed by atoms with Crippen LogP contribution in [0.3, 0.4) is 0 Å². The molecule has 1 aliphatic rings. The summed E-state index contributed by atoms with van der Waals surface area (Å²) in [7, 11) is 3.36. The lowest BCUT2D eigenvalue weighted by Gasteiger charge is -2.19. The second-order valence-electron chi connectivity index (χ2n) is 5.17. The number of carbonyl (C=O) groups is 1. The van der Waals surface area contributed by atoms with Crippen molar-refractivity contribution in [3.63, 3.8) is 0 Å². The smallest absolute Gasteiger partial charge is 0.226 e. The summed E-state index contributed by atoms with van der Waals surface area (Å²) < 4.78 is 5.11. The second kappa shape index (κ2) is 8.47. The standard InChI is InChI=1S/C15H21ClN2O2.ClH/c1-18(12-4-5-14(20-2)13(16)9-12)15(19)6-3-11-7-8-17-10-11;/h4-5,9,11,17H,3,6-8,10H2,1-2H3;1H. The minimum atomic E-state index is 0. The second-order valence-corrected chi connectivity index (χ2v) is 5.58. The Morgan fingerprint density at radius 1 is 1.52 bits per heavy atom. The fraction of sp³-hybridized carbons (Fsp3) is 0.533. The highest BCUT2D eigenvalue weighted by molar-refractivity contribution is 6.32. The van der Waals surface area contributed by atoms with E-state index in [1.54, 1.807) is 31.2 Å².